The number of methoxy groups -OCH3 is 1. The Kier molecular flexibility index (Phi) is 3.81. The number of hydrogen-bond donors (Lipinski definition) is 0. The molecule has 0 aromatic heterocycles. The lowest BCUT2D eigenvalue weighted by atomic mass is 10.1. The van der Waals surface area contributed by atoms with Crippen LogP contribution in [0.2, 0.25) is 0 Å². The highest BCUT2D eigenvalue weighted by atomic mass is 16.5. The number of carbonyl (C=O) groups is 1. The minimum absolute atomic E-state index is 0.223. The van der Waals surface area contributed by atoms with Crippen LogP contribution in [0.4, 0.5) is 0 Å². The van der Waals surface area contributed by atoms with Gasteiger partial charge in [0.15, 0.2) is 0 Å². The Morgan fingerprint density at radius 2 is 2.35 bits per heavy atom. The van der Waals surface area contributed by atoms with Crippen molar-refractivity contribution < 1.29 is 14.3 Å². The Morgan fingerprint density at radius 3 is 3.06 bits per heavy atom. The molecule has 1 heterocycles. The molecule has 0 radical (unpaired) electrons. The van der Waals surface area contributed by atoms with Gasteiger partial charge in [0.2, 0.25) is 0 Å². The van der Waals surface area contributed by atoms with Crippen molar-refractivity contribution >= 4 is 5.97 Å². The largest absolute Gasteiger partial charge is 0.501 e. The molecule has 2 aliphatic rings. The van der Waals surface area contributed by atoms with E-state index in [0.717, 1.165) is 12.8 Å². The third-order valence-corrected chi connectivity index (χ3v) is 2.74. The van der Waals surface area contributed by atoms with Gasteiger partial charge in [-0.05, 0) is 24.5 Å². The molecule has 0 spiro atoms. The maximum atomic E-state index is 11.3. The smallest absolute Gasteiger partial charge is 0.334 e. The quantitative estimate of drug-likeness (QED) is 0.702. The van der Waals surface area contributed by atoms with Gasteiger partial charge < -0.3 is 9.47 Å². The molecule has 17 heavy (non-hydrogen) atoms. The Morgan fingerprint density at radius 1 is 1.47 bits per heavy atom. The molecule has 0 unspecified atom stereocenters. The number of ether oxygens (including phenoxy) is 2. The monoisotopic (exact) mass is 232 g/mol. The van der Waals surface area contributed by atoms with Crippen LogP contribution in [0.5, 0.6) is 0 Å². The summed E-state index contributed by atoms with van der Waals surface area (Å²) in [4.78, 5) is 11.3. The molecule has 1 atom stereocenters. The van der Waals surface area contributed by atoms with Crippen LogP contribution in [-0.4, -0.2) is 19.2 Å². The molecule has 0 saturated heterocycles. The van der Waals surface area contributed by atoms with E-state index in [9.17, 15) is 4.79 Å². The first-order chi connectivity index (χ1) is 8.28. The van der Waals surface area contributed by atoms with Gasteiger partial charge in [-0.15, -0.1) is 0 Å². The molecular formula is C14H16O3. The van der Waals surface area contributed by atoms with E-state index >= 15 is 0 Å². The van der Waals surface area contributed by atoms with Gasteiger partial charge in [-0.25, -0.2) is 4.79 Å². The zero-order valence-electron chi connectivity index (χ0n) is 9.89. The molecule has 0 amide bonds. The van der Waals surface area contributed by atoms with Gasteiger partial charge in [0.1, 0.15) is 11.9 Å². The van der Waals surface area contributed by atoms with Crippen molar-refractivity contribution in [3.05, 3.63) is 47.8 Å². The molecule has 0 aromatic rings. The van der Waals surface area contributed by atoms with Gasteiger partial charge >= 0.3 is 5.97 Å². The number of esters is 1. The molecule has 0 bridgehead atoms. The van der Waals surface area contributed by atoms with Crippen LogP contribution < -0.4 is 0 Å². The Balaban J connectivity index is 1.98. The molecule has 1 aliphatic heterocycles. The predicted octanol–water partition coefficient (Wildman–Crippen LogP) is 2.66. The summed E-state index contributed by atoms with van der Waals surface area (Å²) >= 11 is 0. The van der Waals surface area contributed by atoms with E-state index in [1.54, 1.807) is 7.11 Å². The van der Waals surface area contributed by atoms with E-state index in [0.29, 0.717) is 12.2 Å². The first kappa shape index (κ1) is 11.7. The van der Waals surface area contributed by atoms with Gasteiger partial charge in [0, 0.05) is 6.42 Å². The number of allylic oxidation sites excluding steroid dienone is 5. The Hall–Kier alpha value is -1.77. The third-order valence-electron chi connectivity index (χ3n) is 2.74. The van der Waals surface area contributed by atoms with Crippen LogP contribution in [0.25, 0.3) is 0 Å². The number of carbonyl (C=O) groups excluding carboxylic acids is 1. The average molecular weight is 232 g/mol. The van der Waals surface area contributed by atoms with Crippen LogP contribution in [-0.2, 0) is 14.3 Å². The first-order valence-electron chi connectivity index (χ1n) is 5.78. The summed E-state index contributed by atoms with van der Waals surface area (Å²) in [7, 11) is 1.57. The molecule has 3 nitrogen and oxygen atoms in total. The Bertz CT molecular complexity index is 413. The number of cyclic esters (lactones) is 1. The highest BCUT2D eigenvalue weighted by Crippen LogP contribution is 2.18. The molecule has 3 heteroatoms. The van der Waals surface area contributed by atoms with Crippen LogP contribution >= 0.6 is 0 Å². The summed E-state index contributed by atoms with van der Waals surface area (Å²) in [6.45, 7) is 0. The second kappa shape index (κ2) is 5.53. The molecule has 0 aromatic carbocycles. The zero-order chi connectivity index (χ0) is 12.1. The number of rotatable bonds is 3. The fourth-order valence-electron chi connectivity index (χ4n) is 1.84. The molecule has 2 rings (SSSR count). The van der Waals surface area contributed by atoms with Crippen molar-refractivity contribution in [2.24, 2.45) is 0 Å². The lowest BCUT2D eigenvalue weighted by Gasteiger charge is -2.19. The van der Waals surface area contributed by atoms with Gasteiger partial charge in [-0.2, -0.15) is 0 Å². The molecule has 1 aliphatic carbocycles. The maximum absolute atomic E-state index is 11.3. The van der Waals surface area contributed by atoms with E-state index in [4.69, 9.17) is 9.47 Å². The van der Waals surface area contributed by atoms with Gasteiger partial charge in [0.05, 0.1) is 13.2 Å². The van der Waals surface area contributed by atoms with Crippen molar-refractivity contribution in [2.45, 2.75) is 25.4 Å². The SMILES string of the molecule is COC1=CC(=O)O[C@H](/C=C/C2=CCCC=C2)C1. The van der Waals surface area contributed by atoms with E-state index in [2.05, 4.69) is 18.2 Å². The highest BCUT2D eigenvalue weighted by Gasteiger charge is 2.19. The van der Waals surface area contributed by atoms with Crippen molar-refractivity contribution in [3.63, 3.8) is 0 Å². The predicted molar refractivity (Wildman–Crippen MR) is 65.2 cm³/mol. The zero-order valence-corrected chi connectivity index (χ0v) is 9.89. The van der Waals surface area contributed by atoms with Gasteiger partial charge in [0.25, 0.3) is 0 Å². The Labute approximate surface area is 101 Å². The summed E-state index contributed by atoms with van der Waals surface area (Å²) in [5, 5.41) is 0. The molecule has 90 valence electrons. The summed E-state index contributed by atoms with van der Waals surface area (Å²) in [6, 6.07) is 0. The lowest BCUT2D eigenvalue weighted by Crippen LogP contribution is -2.21. The topological polar surface area (TPSA) is 35.5 Å². The van der Waals surface area contributed by atoms with E-state index in [-0.39, 0.29) is 12.1 Å². The normalized spacial score (nSPS) is 24.3. The summed E-state index contributed by atoms with van der Waals surface area (Å²) in [5.41, 5.74) is 1.17. The van der Waals surface area contributed by atoms with Crippen LogP contribution in [0.3, 0.4) is 0 Å². The minimum atomic E-state index is -0.337. The van der Waals surface area contributed by atoms with Crippen molar-refractivity contribution in [2.75, 3.05) is 7.11 Å². The fraction of sp³-hybridized carbons (Fsp3) is 0.357. The van der Waals surface area contributed by atoms with Crippen LogP contribution in [0.15, 0.2) is 47.8 Å². The molecule has 0 N–H and O–H groups in total. The third kappa shape index (κ3) is 3.34. The molecule has 0 fully saturated rings. The second-order valence-electron chi connectivity index (χ2n) is 4.04. The molecular weight excluding hydrogens is 216 g/mol. The summed E-state index contributed by atoms with van der Waals surface area (Å²) in [5.74, 6) is 0.333. The fourth-order valence-corrected chi connectivity index (χ4v) is 1.84. The standard InChI is InChI=1S/C14H16O3/c1-16-13-9-12(17-14(15)10-13)8-7-11-5-3-2-4-6-11/h3,5-8,10,12H,2,4,9H2,1H3/b8-7+/t12-/m1/s1. The van der Waals surface area contributed by atoms with Crippen molar-refractivity contribution in [3.8, 4) is 0 Å². The lowest BCUT2D eigenvalue weighted by molar-refractivity contribution is -0.142. The summed E-state index contributed by atoms with van der Waals surface area (Å²) < 4.78 is 10.3. The van der Waals surface area contributed by atoms with Crippen LogP contribution in [0, 0.1) is 0 Å². The van der Waals surface area contributed by atoms with Gasteiger partial charge in [-0.3, -0.25) is 0 Å². The van der Waals surface area contributed by atoms with Crippen molar-refractivity contribution in [1.29, 1.82) is 0 Å². The van der Waals surface area contributed by atoms with E-state index in [1.165, 1.54) is 11.6 Å². The van der Waals surface area contributed by atoms with Crippen molar-refractivity contribution in [1.82, 2.24) is 0 Å². The minimum Gasteiger partial charge on any atom is -0.501 e. The van der Waals surface area contributed by atoms with E-state index in [1.807, 2.05) is 12.2 Å². The number of hydrogen-bond acceptors (Lipinski definition) is 3. The first-order valence-corrected chi connectivity index (χ1v) is 5.78. The maximum Gasteiger partial charge on any atom is 0.334 e. The van der Waals surface area contributed by atoms with Gasteiger partial charge in [-0.1, -0.05) is 24.3 Å². The average Bonchev–Trinajstić information content (AvgIpc) is 2.37. The second-order valence-corrected chi connectivity index (χ2v) is 4.04. The highest BCUT2D eigenvalue weighted by molar-refractivity contribution is 5.83. The summed E-state index contributed by atoms with van der Waals surface area (Å²) in [6.07, 6.45) is 14.3. The van der Waals surface area contributed by atoms with Crippen LogP contribution in [0.1, 0.15) is 19.3 Å². The van der Waals surface area contributed by atoms with E-state index < -0.39 is 0 Å². The molecule has 0 saturated carbocycles.